The van der Waals surface area contributed by atoms with Crippen molar-refractivity contribution in [3.63, 3.8) is 0 Å². The average Bonchev–Trinajstić information content (AvgIpc) is 2.89. The van der Waals surface area contributed by atoms with Crippen LogP contribution in [0.4, 0.5) is 0 Å². The van der Waals surface area contributed by atoms with Crippen molar-refractivity contribution in [1.29, 1.82) is 0 Å². The number of hydrogen-bond donors (Lipinski definition) is 1. The Balaban J connectivity index is 2.09. The standard InChI is InChI=1S/C17H18N2O4/c1-21-14-8-11(9-15(22-2)16(14)23-3)10-19-13-7-5-4-6-12(13)18-17(19)20/h4-9H,10H2,1-3H3,(H,18,20). The molecule has 0 saturated carbocycles. The van der Waals surface area contributed by atoms with Gasteiger partial charge in [0.2, 0.25) is 5.75 Å². The third-order valence-corrected chi connectivity index (χ3v) is 3.75. The predicted molar refractivity (Wildman–Crippen MR) is 87.8 cm³/mol. The van der Waals surface area contributed by atoms with E-state index in [2.05, 4.69) is 4.98 Å². The SMILES string of the molecule is COc1cc(Cn2c(=O)[nH]c3ccccc32)cc(OC)c1OC. The average molecular weight is 314 g/mol. The molecule has 0 radical (unpaired) electrons. The molecular weight excluding hydrogens is 296 g/mol. The molecule has 0 saturated heterocycles. The van der Waals surface area contributed by atoms with Gasteiger partial charge in [-0.05, 0) is 29.8 Å². The van der Waals surface area contributed by atoms with Crippen molar-refractivity contribution in [3.8, 4) is 17.2 Å². The van der Waals surface area contributed by atoms with Gasteiger partial charge >= 0.3 is 5.69 Å². The fourth-order valence-electron chi connectivity index (χ4n) is 2.67. The number of ether oxygens (including phenoxy) is 3. The number of methoxy groups -OCH3 is 3. The lowest BCUT2D eigenvalue weighted by atomic mass is 10.1. The van der Waals surface area contributed by atoms with Crippen LogP contribution in [0.5, 0.6) is 17.2 Å². The summed E-state index contributed by atoms with van der Waals surface area (Å²) in [6, 6.07) is 11.3. The number of rotatable bonds is 5. The number of hydrogen-bond acceptors (Lipinski definition) is 4. The second-order valence-electron chi connectivity index (χ2n) is 5.07. The fourth-order valence-corrected chi connectivity index (χ4v) is 2.67. The highest BCUT2D eigenvalue weighted by Gasteiger charge is 2.14. The van der Waals surface area contributed by atoms with Crippen LogP contribution in [0.25, 0.3) is 11.0 Å². The molecule has 0 fully saturated rings. The maximum Gasteiger partial charge on any atom is 0.326 e. The second kappa shape index (κ2) is 6.08. The molecule has 3 rings (SSSR count). The summed E-state index contributed by atoms with van der Waals surface area (Å²) in [5.41, 5.74) is 2.39. The number of benzene rings is 2. The number of aromatic amines is 1. The number of para-hydroxylation sites is 2. The van der Waals surface area contributed by atoms with E-state index in [1.165, 1.54) is 0 Å². The first-order chi connectivity index (χ1) is 11.2. The van der Waals surface area contributed by atoms with E-state index in [-0.39, 0.29) is 5.69 Å². The Labute approximate surface area is 133 Å². The largest absolute Gasteiger partial charge is 0.493 e. The summed E-state index contributed by atoms with van der Waals surface area (Å²) in [6.07, 6.45) is 0. The lowest BCUT2D eigenvalue weighted by Gasteiger charge is -2.14. The summed E-state index contributed by atoms with van der Waals surface area (Å²) in [5, 5.41) is 0. The van der Waals surface area contributed by atoms with Crippen molar-refractivity contribution in [1.82, 2.24) is 9.55 Å². The zero-order valence-corrected chi connectivity index (χ0v) is 13.3. The van der Waals surface area contributed by atoms with Gasteiger partial charge in [0.1, 0.15) is 0 Å². The van der Waals surface area contributed by atoms with Crippen LogP contribution < -0.4 is 19.9 Å². The highest BCUT2D eigenvalue weighted by Crippen LogP contribution is 2.38. The molecule has 0 aliphatic heterocycles. The maximum absolute atomic E-state index is 12.2. The van der Waals surface area contributed by atoms with E-state index < -0.39 is 0 Å². The molecule has 6 nitrogen and oxygen atoms in total. The monoisotopic (exact) mass is 314 g/mol. The third-order valence-electron chi connectivity index (χ3n) is 3.75. The number of imidazole rings is 1. The van der Waals surface area contributed by atoms with E-state index in [0.717, 1.165) is 16.6 Å². The van der Waals surface area contributed by atoms with E-state index >= 15 is 0 Å². The Hall–Kier alpha value is -2.89. The minimum Gasteiger partial charge on any atom is -0.493 e. The summed E-state index contributed by atoms with van der Waals surface area (Å²) < 4.78 is 17.7. The molecule has 0 aliphatic carbocycles. The molecule has 0 aliphatic rings. The molecular formula is C17H18N2O4. The first kappa shape index (κ1) is 15.0. The lowest BCUT2D eigenvalue weighted by molar-refractivity contribution is 0.323. The molecule has 0 unspecified atom stereocenters. The second-order valence-corrected chi connectivity index (χ2v) is 5.07. The highest BCUT2D eigenvalue weighted by molar-refractivity contribution is 5.75. The molecule has 6 heteroatoms. The van der Waals surface area contributed by atoms with Gasteiger partial charge in [-0.25, -0.2) is 4.79 Å². The number of fused-ring (bicyclic) bond motifs is 1. The van der Waals surface area contributed by atoms with Gasteiger partial charge in [0.15, 0.2) is 11.5 Å². The minimum absolute atomic E-state index is 0.153. The van der Waals surface area contributed by atoms with Gasteiger partial charge in [-0.3, -0.25) is 4.57 Å². The molecule has 0 bridgehead atoms. The van der Waals surface area contributed by atoms with Gasteiger partial charge in [0, 0.05) is 0 Å². The van der Waals surface area contributed by atoms with E-state index in [0.29, 0.717) is 23.8 Å². The van der Waals surface area contributed by atoms with Crippen LogP contribution in [0.3, 0.4) is 0 Å². The summed E-state index contributed by atoms with van der Waals surface area (Å²) in [6.45, 7) is 0.402. The zero-order valence-electron chi connectivity index (χ0n) is 13.3. The molecule has 1 aromatic heterocycles. The molecule has 1 N–H and O–H groups in total. The van der Waals surface area contributed by atoms with Gasteiger partial charge in [-0.2, -0.15) is 0 Å². The van der Waals surface area contributed by atoms with E-state index in [9.17, 15) is 4.79 Å². The number of aromatic nitrogens is 2. The molecule has 23 heavy (non-hydrogen) atoms. The van der Waals surface area contributed by atoms with E-state index in [1.54, 1.807) is 25.9 Å². The molecule has 0 spiro atoms. The van der Waals surface area contributed by atoms with Crippen LogP contribution in [0.15, 0.2) is 41.2 Å². The van der Waals surface area contributed by atoms with Crippen LogP contribution in [-0.2, 0) is 6.54 Å². The quantitative estimate of drug-likeness (QED) is 0.785. The third kappa shape index (κ3) is 2.63. The number of nitrogens with one attached hydrogen (secondary N) is 1. The molecule has 120 valence electrons. The Morgan fingerprint density at radius 1 is 1.00 bits per heavy atom. The predicted octanol–water partition coefficient (Wildman–Crippen LogP) is 2.40. The van der Waals surface area contributed by atoms with Crippen LogP contribution in [0.2, 0.25) is 0 Å². The summed E-state index contributed by atoms with van der Waals surface area (Å²) in [7, 11) is 4.70. The van der Waals surface area contributed by atoms with Gasteiger partial charge in [-0.15, -0.1) is 0 Å². The summed E-state index contributed by atoms with van der Waals surface area (Å²) in [4.78, 5) is 15.0. The molecule has 0 amide bonds. The minimum atomic E-state index is -0.153. The van der Waals surface area contributed by atoms with Crippen LogP contribution in [0, 0.1) is 0 Å². The maximum atomic E-state index is 12.2. The zero-order chi connectivity index (χ0) is 16.4. The van der Waals surface area contributed by atoms with Crippen molar-refractivity contribution in [3.05, 3.63) is 52.4 Å². The van der Waals surface area contributed by atoms with Gasteiger partial charge < -0.3 is 19.2 Å². The van der Waals surface area contributed by atoms with E-state index in [4.69, 9.17) is 14.2 Å². The normalized spacial score (nSPS) is 10.7. The van der Waals surface area contributed by atoms with Crippen molar-refractivity contribution in [2.45, 2.75) is 6.54 Å². The molecule has 2 aromatic carbocycles. The summed E-state index contributed by atoms with van der Waals surface area (Å²) >= 11 is 0. The fraction of sp³-hybridized carbons (Fsp3) is 0.235. The Morgan fingerprint density at radius 3 is 2.26 bits per heavy atom. The van der Waals surface area contributed by atoms with E-state index in [1.807, 2.05) is 36.4 Å². The van der Waals surface area contributed by atoms with Crippen LogP contribution in [-0.4, -0.2) is 30.9 Å². The topological polar surface area (TPSA) is 65.5 Å². The Kier molecular flexibility index (Phi) is 3.97. The van der Waals surface area contributed by atoms with Gasteiger partial charge in [-0.1, -0.05) is 12.1 Å². The van der Waals surface area contributed by atoms with Gasteiger partial charge in [0.05, 0.1) is 38.9 Å². The molecule has 3 aromatic rings. The number of H-pyrrole nitrogens is 1. The van der Waals surface area contributed by atoms with Crippen LogP contribution in [0.1, 0.15) is 5.56 Å². The Bertz CT molecular complexity index is 870. The number of nitrogens with zero attached hydrogens (tertiary/aromatic N) is 1. The smallest absolute Gasteiger partial charge is 0.326 e. The van der Waals surface area contributed by atoms with Crippen molar-refractivity contribution < 1.29 is 14.2 Å². The molecule has 1 heterocycles. The first-order valence-electron chi connectivity index (χ1n) is 7.14. The van der Waals surface area contributed by atoms with Crippen molar-refractivity contribution >= 4 is 11.0 Å². The Morgan fingerprint density at radius 2 is 1.65 bits per heavy atom. The van der Waals surface area contributed by atoms with Crippen LogP contribution >= 0.6 is 0 Å². The lowest BCUT2D eigenvalue weighted by Crippen LogP contribution is -2.17. The molecule has 0 atom stereocenters. The van der Waals surface area contributed by atoms with Crippen molar-refractivity contribution in [2.24, 2.45) is 0 Å². The summed E-state index contributed by atoms with van der Waals surface area (Å²) in [5.74, 6) is 1.66. The van der Waals surface area contributed by atoms with Crippen molar-refractivity contribution in [2.75, 3.05) is 21.3 Å². The highest BCUT2D eigenvalue weighted by atomic mass is 16.5. The first-order valence-corrected chi connectivity index (χ1v) is 7.14. The van der Waals surface area contributed by atoms with Gasteiger partial charge in [0.25, 0.3) is 0 Å².